The van der Waals surface area contributed by atoms with E-state index in [1.807, 2.05) is 0 Å². The number of nitrogens with zero attached hydrogens (tertiary/aromatic N) is 2. The smallest absolute Gasteiger partial charge is 0.333 e. The molecule has 0 aromatic carbocycles. The van der Waals surface area contributed by atoms with Crippen LogP contribution in [0.5, 0.6) is 0 Å². The Labute approximate surface area is 184 Å². The van der Waals surface area contributed by atoms with Crippen LogP contribution in [0.1, 0.15) is 70.6 Å². The first-order valence-electron chi connectivity index (χ1n) is 10.7. The molecule has 2 aliphatic rings. The lowest BCUT2D eigenvalue weighted by molar-refractivity contribution is -0.197. The average Bonchev–Trinajstić information content (AvgIpc) is 3.24. The van der Waals surface area contributed by atoms with E-state index in [2.05, 4.69) is 5.32 Å². The second kappa shape index (κ2) is 12.5. The summed E-state index contributed by atoms with van der Waals surface area (Å²) in [6.45, 7) is 0.509. The van der Waals surface area contributed by atoms with Crippen molar-refractivity contribution >= 4 is 41.4 Å². The minimum absolute atomic E-state index is 0.0377. The van der Waals surface area contributed by atoms with Gasteiger partial charge in [-0.2, -0.15) is 5.06 Å². The van der Waals surface area contributed by atoms with Crippen LogP contribution < -0.4 is 5.32 Å². The number of Topliss-reactive ketones (excluding diaryl/α,β-unsaturated/α-hetero) is 1. The summed E-state index contributed by atoms with van der Waals surface area (Å²) in [5.41, 5.74) is 0. The molecule has 176 valence electrons. The van der Waals surface area contributed by atoms with Crippen molar-refractivity contribution in [2.75, 3.05) is 13.1 Å². The zero-order chi connectivity index (χ0) is 23.5. The summed E-state index contributed by atoms with van der Waals surface area (Å²) >= 11 is 0. The molecule has 0 saturated carbocycles. The molecule has 1 N–H and O–H groups in total. The summed E-state index contributed by atoms with van der Waals surface area (Å²) in [4.78, 5) is 89.8. The molecule has 12 nitrogen and oxygen atoms in total. The third-order valence-corrected chi connectivity index (χ3v) is 4.83. The summed E-state index contributed by atoms with van der Waals surface area (Å²) in [6.07, 6.45) is 3.16. The molecule has 2 rings (SSSR count). The van der Waals surface area contributed by atoms with Gasteiger partial charge in [-0.25, -0.2) is 9.59 Å². The van der Waals surface area contributed by atoms with Gasteiger partial charge < -0.3 is 15.0 Å². The number of nitrogens with one attached hydrogen (secondary N) is 1. The lowest BCUT2D eigenvalue weighted by Crippen LogP contribution is -2.31. The molecule has 0 aliphatic carbocycles. The number of hydrogen-bond donors (Lipinski definition) is 1. The number of imide groups is 1. The van der Waals surface area contributed by atoms with Crippen LogP contribution in [0.2, 0.25) is 0 Å². The predicted molar refractivity (Wildman–Crippen MR) is 105 cm³/mol. The molecular formula is C20H27N3O9. The Hall–Kier alpha value is -3.31. The van der Waals surface area contributed by atoms with Crippen molar-refractivity contribution in [3.8, 4) is 0 Å². The molecule has 0 aromatic heterocycles. The van der Waals surface area contributed by atoms with Crippen molar-refractivity contribution in [1.29, 1.82) is 0 Å². The van der Waals surface area contributed by atoms with Gasteiger partial charge in [-0.05, 0) is 25.7 Å². The van der Waals surface area contributed by atoms with E-state index < -0.39 is 35.4 Å². The maximum absolute atomic E-state index is 11.8. The maximum atomic E-state index is 11.8. The van der Waals surface area contributed by atoms with Gasteiger partial charge in [0.15, 0.2) is 0 Å². The lowest BCUT2D eigenvalue weighted by atomic mass is 10.1. The van der Waals surface area contributed by atoms with Crippen LogP contribution in [-0.4, -0.2) is 64.6 Å². The van der Waals surface area contributed by atoms with Crippen LogP contribution in [-0.2, 0) is 43.2 Å². The molecule has 2 fully saturated rings. The van der Waals surface area contributed by atoms with E-state index in [1.165, 1.54) is 0 Å². The number of hydroxylamine groups is 4. The maximum Gasteiger partial charge on any atom is 0.333 e. The van der Waals surface area contributed by atoms with Crippen LogP contribution in [0.3, 0.4) is 0 Å². The minimum Gasteiger partial charge on any atom is -0.356 e. The highest BCUT2D eigenvalue weighted by atomic mass is 16.7. The number of carbonyl (C=O) groups excluding carboxylic acids is 7. The average molecular weight is 453 g/mol. The summed E-state index contributed by atoms with van der Waals surface area (Å²) < 4.78 is 0. The zero-order valence-corrected chi connectivity index (χ0v) is 17.8. The van der Waals surface area contributed by atoms with E-state index in [4.69, 9.17) is 9.68 Å². The molecule has 4 amide bonds. The Balaban J connectivity index is 1.43. The van der Waals surface area contributed by atoms with Gasteiger partial charge in [0.2, 0.25) is 11.7 Å². The second-order valence-corrected chi connectivity index (χ2v) is 7.46. The first kappa shape index (κ1) is 25.0. The Bertz CT molecular complexity index is 764. The lowest BCUT2D eigenvalue weighted by Gasteiger charge is -2.13. The molecule has 0 bridgehead atoms. The monoisotopic (exact) mass is 453 g/mol. The molecular weight excluding hydrogens is 426 g/mol. The second-order valence-electron chi connectivity index (χ2n) is 7.46. The Morgan fingerprint density at radius 1 is 0.750 bits per heavy atom. The number of ketones is 1. The zero-order valence-electron chi connectivity index (χ0n) is 17.8. The van der Waals surface area contributed by atoms with E-state index >= 15 is 0 Å². The number of carbonyl (C=O) groups is 7. The molecule has 2 saturated heterocycles. The van der Waals surface area contributed by atoms with Crippen molar-refractivity contribution in [3.63, 3.8) is 0 Å². The van der Waals surface area contributed by atoms with Gasteiger partial charge in [0, 0.05) is 45.1 Å². The molecule has 32 heavy (non-hydrogen) atoms. The largest absolute Gasteiger partial charge is 0.356 e. The summed E-state index contributed by atoms with van der Waals surface area (Å²) in [7, 11) is 0. The van der Waals surface area contributed by atoms with E-state index in [0.717, 1.165) is 5.06 Å². The molecule has 0 spiro atoms. The standard InChI is InChI=1S/C20H27N3O9/c24-14-11-13-22(20(14)30)31-18(28)8-4-3-6-15(25)21-12-5-1-2-7-19(29)32-23-16(26)9-10-17(23)27/h1-13H2,(H,21,25). The first-order chi connectivity index (χ1) is 15.3. The third kappa shape index (κ3) is 8.08. The highest BCUT2D eigenvalue weighted by molar-refractivity contribution is 6.37. The molecule has 12 heteroatoms. The Morgan fingerprint density at radius 3 is 1.97 bits per heavy atom. The van der Waals surface area contributed by atoms with Crippen molar-refractivity contribution in [2.24, 2.45) is 0 Å². The highest BCUT2D eigenvalue weighted by Crippen LogP contribution is 2.13. The van der Waals surface area contributed by atoms with Crippen LogP contribution in [0.25, 0.3) is 0 Å². The highest BCUT2D eigenvalue weighted by Gasteiger charge is 2.33. The predicted octanol–water partition coefficient (Wildman–Crippen LogP) is 0.0902. The van der Waals surface area contributed by atoms with Crippen molar-refractivity contribution in [2.45, 2.75) is 70.6 Å². The topological polar surface area (TPSA) is 156 Å². The van der Waals surface area contributed by atoms with Crippen LogP contribution >= 0.6 is 0 Å². The summed E-state index contributed by atoms with van der Waals surface area (Å²) in [5.74, 6) is -3.84. The van der Waals surface area contributed by atoms with Crippen molar-refractivity contribution in [1.82, 2.24) is 15.4 Å². The quantitative estimate of drug-likeness (QED) is 0.232. The first-order valence-corrected chi connectivity index (χ1v) is 10.7. The van der Waals surface area contributed by atoms with Crippen LogP contribution in [0, 0.1) is 0 Å². The molecule has 0 radical (unpaired) electrons. The normalized spacial score (nSPS) is 16.0. The third-order valence-electron chi connectivity index (χ3n) is 4.83. The number of rotatable bonds is 13. The number of amides is 4. The van der Waals surface area contributed by atoms with Crippen molar-refractivity contribution < 1.29 is 43.2 Å². The molecule has 0 atom stereocenters. The van der Waals surface area contributed by atoms with E-state index in [0.29, 0.717) is 43.7 Å². The fourth-order valence-electron chi connectivity index (χ4n) is 3.05. The Kier molecular flexibility index (Phi) is 9.76. The van der Waals surface area contributed by atoms with E-state index in [9.17, 15) is 33.6 Å². The molecule has 0 unspecified atom stereocenters. The molecule has 2 aliphatic heterocycles. The van der Waals surface area contributed by atoms with Gasteiger partial charge in [-0.1, -0.05) is 6.42 Å². The van der Waals surface area contributed by atoms with Crippen molar-refractivity contribution in [3.05, 3.63) is 0 Å². The van der Waals surface area contributed by atoms with Gasteiger partial charge in [0.05, 0.1) is 6.54 Å². The van der Waals surface area contributed by atoms with Crippen LogP contribution in [0.15, 0.2) is 0 Å². The van der Waals surface area contributed by atoms with E-state index in [-0.39, 0.29) is 51.0 Å². The van der Waals surface area contributed by atoms with Gasteiger partial charge >= 0.3 is 17.8 Å². The fraction of sp³-hybridized carbons (Fsp3) is 0.650. The fourth-order valence-corrected chi connectivity index (χ4v) is 3.05. The minimum atomic E-state index is -0.814. The SMILES string of the molecule is O=C(CCCCC(=O)ON1CCC(=O)C1=O)NCCCCCC(=O)ON1C(=O)CCC1=O. The van der Waals surface area contributed by atoms with Gasteiger partial charge in [0.25, 0.3) is 11.8 Å². The molecule has 0 aromatic rings. The van der Waals surface area contributed by atoms with Gasteiger partial charge in [0.1, 0.15) is 0 Å². The Morgan fingerprint density at radius 2 is 1.34 bits per heavy atom. The van der Waals surface area contributed by atoms with E-state index in [1.54, 1.807) is 0 Å². The number of unbranched alkanes of at least 4 members (excludes halogenated alkanes) is 3. The summed E-state index contributed by atoms with van der Waals surface area (Å²) in [5, 5.41) is 4.03. The number of hydrogen-bond acceptors (Lipinski definition) is 9. The summed E-state index contributed by atoms with van der Waals surface area (Å²) in [6, 6.07) is 0. The molecule has 2 heterocycles. The van der Waals surface area contributed by atoms with Crippen LogP contribution in [0.4, 0.5) is 0 Å². The van der Waals surface area contributed by atoms with Gasteiger partial charge in [-0.15, -0.1) is 5.06 Å². The van der Waals surface area contributed by atoms with Gasteiger partial charge in [-0.3, -0.25) is 24.0 Å².